The summed E-state index contributed by atoms with van der Waals surface area (Å²) in [7, 11) is 0. The zero-order valence-electron chi connectivity index (χ0n) is 21.5. The number of fused-ring (bicyclic) bond motifs is 7. The molecule has 184 valence electrons. The van der Waals surface area contributed by atoms with Crippen molar-refractivity contribution >= 4 is 5.91 Å². The summed E-state index contributed by atoms with van der Waals surface area (Å²) in [4.78, 5) is 14.9. The molecule has 4 aliphatic carbocycles. The van der Waals surface area contributed by atoms with Gasteiger partial charge in [-0.15, -0.1) is 0 Å². The lowest BCUT2D eigenvalue weighted by molar-refractivity contribution is -0.200. The molecule has 4 heteroatoms. The van der Waals surface area contributed by atoms with Gasteiger partial charge in [0.1, 0.15) is 5.72 Å². The first-order chi connectivity index (χ1) is 15.6. The standard InChI is InChI=1S/C29H45NO3/c1-17-8-13-29(30(16-17)19(3)31)18(2)26-25(33-29)15-24-22-7-6-20-14-21(32)9-11-27(20,4)23(22)10-12-28(24,26)5/h6,17-18,21-26,32H,7-16H2,1-5H3/t17?,18?,21?,22-,23+,24+,25?,26+,27+,28+,29-/m1/s1. The predicted molar refractivity (Wildman–Crippen MR) is 129 cm³/mol. The lowest BCUT2D eigenvalue weighted by Crippen LogP contribution is -2.60. The Morgan fingerprint density at radius 2 is 1.91 bits per heavy atom. The topological polar surface area (TPSA) is 49.8 Å². The second kappa shape index (κ2) is 7.32. The lowest BCUT2D eigenvalue weighted by atomic mass is 9.47. The van der Waals surface area contributed by atoms with E-state index in [1.807, 2.05) is 0 Å². The number of piperidine rings is 1. The number of aliphatic hydroxyl groups excluding tert-OH is 1. The summed E-state index contributed by atoms with van der Waals surface area (Å²) in [5.74, 6) is 3.95. The maximum Gasteiger partial charge on any atom is 0.221 e. The zero-order chi connectivity index (χ0) is 23.3. The highest BCUT2D eigenvalue weighted by molar-refractivity contribution is 5.74. The van der Waals surface area contributed by atoms with Gasteiger partial charge in [-0.2, -0.15) is 0 Å². The molecule has 0 bridgehead atoms. The summed E-state index contributed by atoms with van der Waals surface area (Å²) in [6.45, 7) is 12.4. The van der Waals surface area contributed by atoms with E-state index >= 15 is 0 Å². The number of hydrogen-bond donors (Lipinski definition) is 1. The van der Waals surface area contributed by atoms with Crippen molar-refractivity contribution in [3.8, 4) is 0 Å². The van der Waals surface area contributed by atoms with Gasteiger partial charge in [0.15, 0.2) is 0 Å². The van der Waals surface area contributed by atoms with Crippen LogP contribution in [0.25, 0.3) is 0 Å². The first kappa shape index (κ1) is 22.6. The molecule has 33 heavy (non-hydrogen) atoms. The van der Waals surface area contributed by atoms with Gasteiger partial charge >= 0.3 is 0 Å². The van der Waals surface area contributed by atoms with Crippen molar-refractivity contribution < 1.29 is 14.6 Å². The fraction of sp³-hybridized carbons (Fsp3) is 0.897. The highest BCUT2D eigenvalue weighted by Crippen LogP contribution is 2.70. The molecular formula is C29H45NO3. The average Bonchev–Trinajstić information content (AvgIpc) is 3.21. The largest absolute Gasteiger partial charge is 0.393 e. The van der Waals surface area contributed by atoms with E-state index in [9.17, 15) is 9.90 Å². The van der Waals surface area contributed by atoms with Crippen molar-refractivity contribution in [1.29, 1.82) is 0 Å². The van der Waals surface area contributed by atoms with E-state index < -0.39 is 0 Å². The molecular weight excluding hydrogens is 410 g/mol. The Bertz CT molecular complexity index is 869. The fourth-order valence-corrected chi connectivity index (χ4v) is 10.5. The Morgan fingerprint density at radius 1 is 1.12 bits per heavy atom. The van der Waals surface area contributed by atoms with Gasteiger partial charge in [-0.05, 0) is 98.2 Å². The minimum atomic E-state index is -0.371. The Kier molecular flexibility index (Phi) is 5.01. The number of likely N-dealkylation sites (tertiary alicyclic amines) is 1. The van der Waals surface area contributed by atoms with Crippen LogP contribution in [-0.2, 0) is 9.53 Å². The number of aliphatic hydroxyl groups is 1. The monoisotopic (exact) mass is 455 g/mol. The van der Waals surface area contributed by atoms with Crippen LogP contribution in [0.2, 0.25) is 0 Å². The van der Waals surface area contributed by atoms with E-state index in [4.69, 9.17) is 4.74 Å². The minimum absolute atomic E-state index is 0.131. The van der Waals surface area contributed by atoms with Gasteiger partial charge in [-0.3, -0.25) is 4.79 Å². The van der Waals surface area contributed by atoms with Crippen molar-refractivity contribution in [3.05, 3.63) is 11.6 Å². The summed E-state index contributed by atoms with van der Waals surface area (Å²) >= 11 is 0. The summed E-state index contributed by atoms with van der Waals surface area (Å²) in [6, 6.07) is 0. The highest BCUT2D eigenvalue weighted by atomic mass is 16.5. The Morgan fingerprint density at radius 3 is 2.67 bits per heavy atom. The van der Waals surface area contributed by atoms with Gasteiger partial charge in [0.05, 0.1) is 12.2 Å². The molecule has 4 nitrogen and oxygen atoms in total. The second-order valence-corrected chi connectivity index (χ2v) is 13.5. The van der Waals surface area contributed by atoms with Crippen LogP contribution in [0.15, 0.2) is 11.6 Å². The summed E-state index contributed by atoms with van der Waals surface area (Å²) in [5, 5.41) is 10.3. The maximum atomic E-state index is 12.7. The molecule has 6 rings (SSSR count). The van der Waals surface area contributed by atoms with Crippen LogP contribution in [-0.4, -0.2) is 40.4 Å². The van der Waals surface area contributed by atoms with Crippen LogP contribution < -0.4 is 0 Å². The third-order valence-corrected chi connectivity index (χ3v) is 12.1. The quantitative estimate of drug-likeness (QED) is 0.488. The third kappa shape index (κ3) is 2.92. The molecule has 1 N–H and O–H groups in total. The molecule has 1 spiro atoms. The molecule has 11 atom stereocenters. The Labute approximate surface area is 200 Å². The maximum absolute atomic E-state index is 12.7. The molecule has 4 unspecified atom stereocenters. The molecule has 0 aromatic carbocycles. The smallest absolute Gasteiger partial charge is 0.221 e. The van der Waals surface area contributed by atoms with Gasteiger partial charge in [0.25, 0.3) is 0 Å². The predicted octanol–water partition coefficient (Wildman–Crippen LogP) is 5.55. The van der Waals surface area contributed by atoms with Crippen molar-refractivity contribution in [1.82, 2.24) is 4.90 Å². The molecule has 3 saturated carbocycles. The number of carbonyl (C=O) groups excluding carboxylic acids is 1. The van der Waals surface area contributed by atoms with E-state index in [1.54, 1.807) is 12.5 Å². The van der Waals surface area contributed by atoms with Gasteiger partial charge in [0, 0.05) is 19.4 Å². The molecule has 0 aromatic heterocycles. The van der Waals surface area contributed by atoms with Crippen LogP contribution in [0.5, 0.6) is 0 Å². The van der Waals surface area contributed by atoms with Gasteiger partial charge in [-0.25, -0.2) is 0 Å². The normalized spacial score (nSPS) is 55.5. The second-order valence-electron chi connectivity index (χ2n) is 13.5. The molecule has 2 saturated heterocycles. The number of carbonyl (C=O) groups is 1. The van der Waals surface area contributed by atoms with Gasteiger partial charge in [-0.1, -0.05) is 39.3 Å². The van der Waals surface area contributed by atoms with Crippen molar-refractivity contribution in [2.75, 3.05) is 6.54 Å². The van der Waals surface area contributed by atoms with E-state index in [0.29, 0.717) is 34.7 Å². The first-order valence-electron chi connectivity index (χ1n) is 13.9. The van der Waals surface area contributed by atoms with Crippen LogP contribution in [0.4, 0.5) is 0 Å². The average molecular weight is 456 g/mol. The van der Waals surface area contributed by atoms with E-state index in [0.717, 1.165) is 56.4 Å². The summed E-state index contributed by atoms with van der Waals surface area (Å²) in [6.07, 6.45) is 12.9. The summed E-state index contributed by atoms with van der Waals surface area (Å²) in [5.41, 5.74) is 1.79. The SMILES string of the molecule is CC(=O)N1CC(C)CC[C@]12OC1C[C@H]3[C@@H]4CC=C5CC(O)CC[C@]5(C)[C@H]4CC[C@]3(C)[C@H]1C2C. The van der Waals surface area contributed by atoms with Crippen LogP contribution in [0.1, 0.15) is 92.4 Å². The highest BCUT2D eigenvalue weighted by Gasteiger charge is 2.69. The van der Waals surface area contributed by atoms with Crippen molar-refractivity contribution in [3.63, 3.8) is 0 Å². The Hall–Kier alpha value is -0.870. The third-order valence-electron chi connectivity index (χ3n) is 12.1. The van der Waals surface area contributed by atoms with E-state index in [2.05, 4.69) is 38.7 Å². The first-order valence-corrected chi connectivity index (χ1v) is 13.9. The zero-order valence-corrected chi connectivity index (χ0v) is 21.5. The number of hydrogen-bond acceptors (Lipinski definition) is 3. The minimum Gasteiger partial charge on any atom is -0.393 e. The molecule has 5 fully saturated rings. The molecule has 2 aliphatic heterocycles. The molecule has 2 heterocycles. The molecule has 0 radical (unpaired) electrons. The van der Waals surface area contributed by atoms with Gasteiger partial charge in [0.2, 0.25) is 5.91 Å². The number of nitrogens with zero attached hydrogens (tertiary/aromatic N) is 1. The number of allylic oxidation sites excluding steroid dienone is 1. The van der Waals surface area contributed by atoms with E-state index in [-0.39, 0.29) is 17.7 Å². The summed E-state index contributed by atoms with van der Waals surface area (Å²) < 4.78 is 7.09. The lowest BCUT2D eigenvalue weighted by Gasteiger charge is -2.59. The number of ether oxygens (including phenoxy) is 1. The van der Waals surface area contributed by atoms with Crippen molar-refractivity contribution in [2.45, 2.75) is 110 Å². The molecule has 6 aliphatic rings. The van der Waals surface area contributed by atoms with Crippen LogP contribution in [0, 0.1) is 46.3 Å². The van der Waals surface area contributed by atoms with Crippen LogP contribution in [0.3, 0.4) is 0 Å². The number of amides is 1. The number of rotatable bonds is 0. The van der Waals surface area contributed by atoms with Crippen molar-refractivity contribution in [2.24, 2.45) is 46.3 Å². The molecule has 1 amide bonds. The van der Waals surface area contributed by atoms with Crippen LogP contribution >= 0.6 is 0 Å². The van der Waals surface area contributed by atoms with E-state index in [1.165, 1.54) is 25.7 Å². The fourth-order valence-electron chi connectivity index (χ4n) is 10.5. The van der Waals surface area contributed by atoms with Gasteiger partial charge < -0.3 is 14.7 Å². The molecule has 0 aromatic rings. The Balaban J connectivity index is 1.30.